The van der Waals surface area contributed by atoms with Crippen LogP contribution in [0.2, 0.25) is 0 Å². The van der Waals surface area contributed by atoms with Crippen LogP contribution in [0.5, 0.6) is 0 Å². The zero-order valence-corrected chi connectivity index (χ0v) is 8.03. The summed E-state index contributed by atoms with van der Waals surface area (Å²) in [6.07, 6.45) is 2.09. The van der Waals surface area contributed by atoms with E-state index >= 15 is 0 Å². The van der Waals surface area contributed by atoms with Crippen molar-refractivity contribution in [1.29, 1.82) is 0 Å². The third-order valence-electron chi connectivity index (χ3n) is 2.21. The average molecular weight is 180 g/mol. The van der Waals surface area contributed by atoms with E-state index in [0.717, 1.165) is 12.8 Å². The van der Waals surface area contributed by atoms with Crippen LogP contribution >= 0.6 is 0 Å². The van der Waals surface area contributed by atoms with E-state index in [0.29, 0.717) is 0 Å². The van der Waals surface area contributed by atoms with E-state index in [2.05, 4.69) is 36.4 Å². The highest BCUT2D eigenvalue weighted by Gasteiger charge is 1.94. The summed E-state index contributed by atoms with van der Waals surface area (Å²) in [4.78, 5) is 0. The van der Waals surface area contributed by atoms with Gasteiger partial charge in [-0.05, 0) is 36.1 Å². The zero-order valence-electron chi connectivity index (χ0n) is 8.03. The Morgan fingerprint density at radius 2 is 1.21 bits per heavy atom. The molecular formula is C14H12. The summed E-state index contributed by atoms with van der Waals surface area (Å²) in [5.41, 5.74) is 2.54. The second kappa shape index (κ2) is 4.61. The monoisotopic (exact) mass is 180 g/mol. The van der Waals surface area contributed by atoms with Crippen molar-refractivity contribution in [1.82, 2.24) is 0 Å². The summed E-state index contributed by atoms with van der Waals surface area (Å²) in [7, 11) is 0. The van der Waals surface area contributed by atoms with Crippen LogP contribution in [0.15, 0.2) is 48.5 Å². The van der Waals surface area contributed by atoms with Crippen molar-refractivity contribution >= 4 is 0 Å². The quantitative estimate of drug-likeness (QED) is 0.681. The molecule has 0 unspecified atom stereocenters. The maximum Gasteiger partial charge on any atom is -0.0149 e. The minimum Gasteiger partial charge on any atom is -0.0620 e. The molecule has 2 radical (unpaired) electrons. The Morgan fingerprint density at radius 3 is 1.57 bits per heavy atom. The van der Waals surface area contributed by atoms with Crippen molar-refractivity contribution in [3.8, 4) is 0 Å². The SMILES string of the molecule is [c]1ccccc1CCc1[c]cccc1. The van der Waals surface area contributed by atoms with Crippen molar-refractivity contribution in [2.75, 3.05) is 0 Å². The molecule has 0 fully saturated rings. The topological polar surface area (TPSA) is 0 Å². The lowest BCUT2D eigenvalue weighted by Crippen LogP contribution is -1.90. The molecule has 0 nitrogen and oxygen atoms in total. The molecule has 0 aromatic heterocycles. The molecule has 0 saturated carbocycles. The number of hydrogen-bond donors (Lipinski definition) is 0. The fourth-order valence-corrected chi connectivity index (χ4v) is 1.44. The molecule has 68 valence electrons. The van der Waals surface area contributed by atoms with Crippen LogP contribution in [0.4, 0.5) is 0 Å². The zero-order chi connectivity index (χ0) is 9.64. The van der Waals surface area contributed by atoms with Crippen LogP contribution in [-0.2, 0) is 12.8 Å². The van der Waals surface area contributed by atoms with Gasteiger partial charge >= 0.3 is 0 Å². The minimum atomic E-state index is 1.04. The van der Waals surface area contributed by atoms with Crippen LogP contribution in [0, 0.1) is 12.1 Å². The predicted octanol–water partition coefficient (Wildman–Crippen LogP) is 3.07. The van der Waals surface area contributed by atoms with Gasteiger partial charge in [-0.3, -0.25) is 0 Å². The summed E-state index contributed by atoms with van der Waals surface area (Å²) >= 11 is 0. The van der Waals surface area contributed by atoms with E-state index < -0.39 is 0 Å². The summed E-state index contributed by atoms with van der Waals surface area (Å²) in [6, 6.07) is 22.7. The molecule has 0 aliphatic heterocycles. The van der Waals surface area contributed by atoms with E-state index in [1.165, 1.54) is 11.1 Å². The molecule has 0 saturated heterocycles. The Hall–Kier alpha value is -1.56. The molecular weight excluding hydrogens is 168 g/mol. The molecule has 2 aromatic carbocycles. The van der Waals surface area contributed by atoms with Gasteiger partial charge in [0.15, 0.2) is 0 Å². The Bertz CT molecular complexity index is 322. The van der Waals surface area contributed by atoms with E-state index in [1.807, 2.05) is 24.3 Å². The number of benzene rings is 2. The van der Waals surface area contributed by atoms with Gasteiger partial charge in [0.25, 0.3) is 0 Å². The molecule has 14 heavy (non-hydrogen) atoms. The number of hydrogen-bond acceptors (Lipinski definition) is 0. The standard InChI is InChI=1S/C14H12/c1-3-7-13(8-4-1)11-12-14-9-5-2-6-10-14/h1-7,9H,11-12H2. The molecule has 0 bridgehead atoms. The maximum absolute atomic E-state index is 3.22. The molecule has 0 aliphatic carbocycles. The van der Waals surface area contributed by atoms with Crippen LogP contribution in [0.1, 0.15) is 11.1 Å². The Kier molecular flexibility index (Phi) is 2.97. The fourth-order valence-electron chi connectivity index (χ4n) is 1.44. The molecule has 0 N–H and O–H groups in total. The molecule has 0 atom stereocenters. The van der Waals surface area contributed by atoms with Crippen molar-refractivity contribution in [3.05, 3.63) is 71.8 Å². The van der Waals surface area contributed by atoms with Crippen molar-refractivity contribution in [3.63, 3.8) is 0 Å². The van der Waals surface area contributed by atoms with E-state index in [9.17, 15) is 0 Å². The van der Waals surface area contributed by atoms with Crippen LogP contribution < -0.4 is 0 Å². The van der Waals surface area contributed by atoms with E-state index in [-0.39, 0.29) is 0 Å². The van der Waals surface area contributed by atoms with Crippen molar-refractivity contribution in [2.45, 2.75) is 12.8 Å². The molecule has 0 aliphatic rings. The molecule has 0 amide bonds. The van der Waals surface area contributed by atoms with E-state index in [1.54, 1.807) is 0 Å². The lowest BCUT2D eigenvalue weighted by molar-refractivity contribution is 0.957. The smallest absolute Gasteiger partial charge is 0.0149 e. The molecule has 0 heteroatoms. The third-order valence-corrected chi connectivity index (χ3v) is 2.21. The first-order valence-corrected chi connectivity index (χ1v) is 4.86. The minimum absolute atomic E-state index is 1.04. The van der Waals surface area contributed by atoms with Crippen molar-refractivity contribution < 1.29 is 0 Å². The third kappa shape index (κ3) is 2.46. The highest BCUT2D eigenvalue weighted by Crippen LogP contribution is 2.05. The normalized spacial score (nSPS) is 10.0. The largest absolute Gasteiger partial charge is 0.0620 e. The summed E-state index contributed by atoms with van der Waals surface area (Å²) in [6.45, 7) is 0. The summed E-state index contributed by atoms with van der Waals surface area (Å²) in [5, 5.41) is 0. The van der Waals surface area contributed by atoms with Gasteiger partial charge < -0.3 is 0 Å². The summed E-state index contributed by atoms with van der Waals surface area (Å²) in [5.74, 6) is 0. The molecule has 0 spiro atoms. The predicted molar refractivity (Wildman–Crippen MR) is 58.0 cm³/mol. The first-order chi connectivity index (χ1) is 6.95. The molecule has 2 rings (SSSR count). The average Bonchev–Trinajstić information content (AvgIpc) is 2.29. The number of rotatable bonds is 3. The summed E-state index contributed by atoms with van der Waals surface area (Å²) < 4.78 is 0. The maximum atomic E-state index is 3.22. The van der Waals surface area contributed by atoms with Gasteiger partial charge in [0.1, 0.15) is 0 Å². The van der Waals surface area contributed by atoms with Gasteiger partial charge in [-0.15, -0.1) is 0 Å². The first kappa shape index (κ1) is 9.01. The van der Waals surface area contributed by atoms with Crippen LogP contribution in [-0.4, -0.2) is 0 Å². The second-order valence-electron chi connectivity index (χ2n) is 3.28. The van der Waals surface area contributed by atoms with Gasteiger partial charge in [-0.2, -0.15) is 0 Å². The lowest BCUT2D eigenvalue weighted by Gasteiger charge is -2.00. The van der Waals surface area contributed by atoms with Gasteiger partial charge in [0, 0.05) is 0 Å². The fraction of sp³-hybridized carbons (Fsp3) is 0.143. The molecule has 0 heterocycles. The van der Waals surface area contributed by atoms with Crippen LogP contribution in [0.25, 0.3) is 0 Å². The lowest BCUT2D eigenvalue weighted by atomic mass is 10.0. The second-order valence-corrected chi connectivity index (χ2v) is 3.28. The Labute approximate surface area is 85.2 Å². The van der Waals surface area contributed by atoms with E-state index in [4.69, 9.17) is 0 Å². The van der Waals surface area contributed by atoms with Crippen molar-refractivity contribution in [2.24, 2.45) is 0 Å². The van der Waals surface area contributed by atoms with Gasteiger partial charge in [-0.25, -0.2) is 0 Å². The number of aryl methyl sites for hydroxylation is 2. The Balaban J connectivity index is 1.96. The molecule has 2 aromatic rings. The Morgan fingerprint density at radius 1 is 0.714 bits per heavy atom. The van der Waals surface area contributed by atoms with Crippen LogP contribution in [0.3, 0.4) is 0 Å². The highest BCUT2D eigenvalue weighted by atomic mass is 14.0. The first-order valence-electron chi connectivity index (χ1n) is 4.86. The van der Waals surface area contributed by atoms with Gasteiger partial charge in [0.2, 0.25) is 0 Å². The van der Waals surface area contributed by atoms with Gasteiger partial charge in [0.05, 0.1) is 0 Å². The van der Waals surface area contributed by atoms with Gasteiger partial charge in [-0.1, -0.05) is 48.5 Å². The highest BCUT2D eigenvalue weighted by molar-refractivity contribution is 5.18.